The van der Waals surface area contributed by atoms with Crippen molar-refractivity contribution in [2.24, 2.45) is 5.11 Å². The molecule has 17 heteroatoms. The average Bonchev–Trinajstić information content (AvgIpc) is 2.61. The van der Waals surface area contributed by atoms with Gasteiger partial charge in [-0.1, -0.05) is 5.11 Å². The van der Waals surface area contributed by atoms with Crippen molar-refractivity contribution >= 4 is 31.6 Å². The van der Waals surface area contributed by atoms with Crippen molar-refractivity contribution in [3.63, 3.8) is 0 Å². The fourth-order valence-corrected chi connectivity index (χ4v) is 3.06. The van der Waals surface area contributed by atoms with Gasteiger partial charge in [0.15, 0.2) is 18.5 Å². The van der Waals surface area contributed by atoms with Crippen LogP contribution in [0.1, 0.15) is 20.8 Å². The predicted molar refractivity (Wildman–Crippen MR) is 95.5 cm³/mol. The molecule has 1 rings (SSSR count). The Hall–Kier alpha value is -2.74. The maximum atomic E-state index is 12.0. The third-order valence-corrected chi connectivity index (χ3v) is 4.03. The van der Waals surface area contributed by atoms with Crippen LogP contribution in [0.5, 0.6) is 0 Å². The fourth-order valence-electron chi connectivity index (χ4n) is 2.61. The second kappa shape index (κ2) is 11.6. The van der Waals surface area contributed by atoms with Gasteiger partial charge in [0.2, 0.25) is 5.91 Å². The van der Waals surface area contributed by atoms with Crippen molar-refractivity contribution < 1.29 is 57.0 Å². The number of hydrogen-bond acceptors (Lipinski definition) is 11. The Morgan fingerprint density at radius 1 is 1.10 bits per heavy atom. The van der Waals surface area contributed by atoms with Gasteiger partial charge in [-0.05, 0) is 5.53 Å². The van der Waals surface area contributed by atoms with Gasteiger partial charge < -0.3 is 34.1 Å². The lowest BCUT2D eigenvalue weighted by Crippen LogP contribution is -2.66. The highest BCUT2D eigenvalue weighted by Gasteiger charge is 2.52. The van der Waals surface area contributed by atoms with Gasteiger partial charge in [0.25, 0.3) is 0 Å². The molecule has 0 saturated carbocycles. The van der Waals surface area contributed by atoms with Crippen molar-refractivity contribution in [2.45, 2.75) is 51.4 Å². The summed E-state index contributed by atoms with van der Waals surface area (Å²) in [5.74, 6) is -3.50. The minimum Gasteiger partial charge on any atom is -0.463 e. The molecular formula is C14H21N4O12P. The number of nitrogens with zero attached hydrogens (tertiary/aromatic N) is 3. The summed E-state index contributed by atoms with van der Waals surface area (Å²) in [5.41, 5.74) is 8.33. The molecule has 5 atom stereocenters. The van der Waals surface area contributed by atoms with Crippen molar-refractivity contribution in [3.8, 4) is 0 Å². The molecule has 0 aliphatic carbocycles. The van der Waals surface area contributed by atoms with Gasteiger partial charge in [-0.3, -0.25) is 23.7 Å². The van der Waals surface area contributed by atoms with Crippen molar-refractivity contribution in [1.82, 2.24) is 5.32 Å². The Morgan fingerprint density at radius 2 is 1.68 bits per heavy atom. The van der Waals surface area contributed by atoms with E-state index in [-0.39, 0.29) is 0 Å². The average molecular weight is 468 g/mol. The Labute approximate surface area is 175 Å². The zero-order valence-corrected chi connectivity index (χ0v) is 17.5. The first-order valence-electron chi connectivity index (χ1n) is 8.51. The zero-order valence-electron chi connectivity index (χ0n) is 16.6. The number of phosphoric ester groups is 1. The largest absolute Gasteiger partial charge is 0.472 e. The highest BCUT2D eigenvalue weighted by Crippen LogP contribution is 2.41. The lowest BCUT2D eigenvalue weighted by molar-refractivity contribution is -0.259. The van der Waals surface area contributed by atoms with Gasteiger partial charge in [0.05, 0.1) is 0 Å². The molecule has 1 aliphatic heterocycles. The molecule has 0 aromatic rings. The van der Waals surface area contributed by atoms with Gasteiger partial charge in [-0.2, -0.15) is 0 Å². The smallest absolute Gasteiger partial charge is 0.463 e. The first-order chi connectivity index (χ1) is 14.3. The van der Waals surface area contributed by atoms with Crippen LogP contribution in [0.15, 0.2) is 5.11 Å². The van der Waals surface area contributed by atoms with Crippen LogP contribution in [-0.4, -0.2) is 77.4 Å². The first kappa shape index (κ1) is 26.3. The molecule has 0 bridgehead atoms. The minimum atomic E-state index is -5.22. The summed E-state index contributed by atoms with van der Waals surface area (Å²) in [4.78, 5) is 67.2. The zero-order chi connectivity index (χ0) is 23.8. The summed E-state index contributed by atoms with van der Waals surface area (Å²) in [7, 11) is -5.22. The number of phosphoric acid groups is 1. The maximum Gasteiger partial charge on any atom is 0.472 e. The number of hydrogen-bond donors (Lipinski definition) is 3. The van der Waals surface area contributed by atoms with Crippen LogP contribution in [0.2, 0.25) is 0 Å². The summed E-state index contributed by atoms with van der Waals surface area (Å²) in [6.07, 6.45) is -6.43. The standard InChI is InChI=1S/C14H21N4O12P/c1-6(19)26-5-9-12(27-7(2)20)13(28-8(3)21)11(17-10(22)4-16-18-15)14(29-9)30-31(23,24)25/h9,11-14H,4-5H2,1-3H3,(H,17,22)(H2,23,24,25)/t9?,11?,12-,13+,14-/m0/s1. The van der Waals surface area contributed by atoms with E-state index in [4.69, 9.17) is 24.5 Å². The first-order valence-corrected chi connectivity index (χ1v) is 10.0. The van der Waals surface area contributed by atoms with E-state index in [0.29, 0.717) is 0 Å². The Bertz CT molecular complexity index is 794. The van der Waals surface area contributed by atoms with Crippen LogP contribution in [-0.2, 0) is 47.2 Å². The molecular weight excluding hydrogens is 447 g/mol. The predicted octanol–water partition coefficient (Wildman–Crippen LogP) is -0.958. The number of rotatable bonds is 9. The highest BCUT2D eigenvalue weighted by molar-refractivity contribution is 7.46. The van der Waals surface area contributed by atoms with Crippen LogP contribution in [0, 0.1) is 0 Å². The molecule has 0 spiro atoms. The molecule has 0 radical (unpaired) electrons. The third kappa shape index (κ3) is 9.29. The van der Waals surface area contributed by atoms with E-state index in [1.807, 2.05) is 0 Å². The van der Waals surface area contributed by atoms with Crippen molar-refractivity contribution in [3.05, 3.63) is 10.4 Å². The molecule has 1 saturated heterocycles. The summed E-state index contributed by atoms with van der Waals surface area (Å²) >= 11 is 0. The summed E-state index contributed by atoms with van der Waals surface area (Å²) in [5, 5.41) is 5.23. The number of carbonyl (C=O) groups excluding carboxylic acids is 4. The Kier molecular flexibility index (Phi) is 9.84. The number of azide groups is 1. The van der Waals surface area contributed by atoms with Gasteiger partial charge in [-0.25, -0.2) is 4.57 Å². The summed E-state index contributed by atoms with van der Waals surface area (Å²) < 4.78 is 36.4. The van der Waals surface area contributed by atoms with E-state index in [9.17, 15) is 33.5 Å². The highest BCUT2D eigenvalue weighted by atomic mass is 31.2. The molecule has 0 aromatic carbocycles. The molecule has 1 heterocycles. The Balaban J connectivity index is 3.40. The van der Waals surface area contributed by atoms with E-state index in [0.717, 1.165) is 20.8 Å². The molecule has 2 unspecified atom stereocenters. The van der Waals surface area contributed by atoms with Crippen LogP contribution in [0.3, 0.4) is 0 Å². The third-order valence-electron chi connectivity index (χ3n) is 3.55. The number of ether oxygens (including phenoxy) is 4. The van der Waals surface area contributed by atoms with Gasteiger partial charge >= 0.3 is 25.7 Å². The van der Waals surface area contributed by atoms with Gasteiger partial charge in [0.1, 0.15) is 25.3 Å². The topological polar surface area (TPSA) is 233 Å². The monoisotopic (exact) mass is 468 g/mol. The molecule has 1 fully saturated rings. The second-order valence-electron chi connectivity index (χ2n) is 6.07. The van der Waals surface area contributed by atoms with Crippen LogP contribution >= 0.6 is 7.82 Å². The summed E-state index contributed by atoms with van der Waals surface area (Å²) in [6, 6.07) is -1.63. The number of nitrogens with one attached hydrogen (secondary N) is 1. The number of carbonyl (C=O) groups is 4. The van der Waals surface area contributed by atoms with Gasteiger partial charge in [-0.15, -0.1) is 0 Å². The summed E-state index contributed by atoms with van der Waals surface area (Å²) in [6.45, 7) is 1.76. The lowest BCUT2D eigenvalue weighted by atomic mass is 9.96. The van der Waals surface area contributed by atoms with Crippen LogP contribution in [0.25, 0.3) is 10.4 Å². The van der Waals surface area contributed by atoms with Crippen LogP contribution in [0.4, 0.5) is 0 Å². The Morgan fingerprint density at radius 3 is 2.16 bits per heavy atom. The molecule has 3 N–H and O–H groups in total. The number of amides is 1. The SMILES string of the molecule is CC(=O)OCC1O[C@@H](OP(=O)(O)O)C(NC(=O)CN=[N+]=[N-])[C@@H](OC(C)=O)[C@H]1OC(C)=O. The van der Waals surface area contributed by atoms with E-state index in [1.165, 1.54) is 0 Å². The molecule has 1 amide bonds. The van der Waals surface area contributed by atoms with E-state index in [2.05, 4.69) is 19.9 Å². The van der Waals surface area contributed by atoms with E-state index < -0.39 is 75.4 Å². The molecule has 16 nitrogen and oxygen atoms in total. The fraction of sp³-hybridized carbons (Fsp3) is 0.714. The van der Waals surface area contributed by atoms with Gasteiger partial charge in [0, 0.05) is 25.7 Å². The molecule has 0 aromatic heterocycles. The minimum absolute atomic E-state index is 0.578. The second-order valence-corrected chi connectivity index (χ2v) is 7.26. The molecule has 174 valence electrons. The lowest BCUT2D eigenvalue weighted by Gasteiger charge is -2.44. The normalized spacial score (nSPS) is 25.5. The van der Waals surface area contributed by atoms with Crippen LogP contribution < -0.4 is 5.32 Å². The quantitative estimate of drug-likeness (QED) is 0.0927. The molecule has 31 heavy (non-hydrogen) atoms. The number of esters is 3. The van der Waals surface area contributed by atoms with Crippen molar-refractivity contribution in [2.75, 3.05) is 13.2 Å². The van der Waals surface area contributed by atoms with E-state index in [1.54, 1.807) is 0 Å². The molecule has 1 aliphatic rings. The maximum absolute atomic E-state index is 12.0. The van der Waals surface area contributed by atoms with Crippen molar-refractivity contribution in [1.29, 1.82) is 0 Å². The van der Waals surface area contributed by atoms with E-state index >= 15 is 0 Å².